The molecule has 1 aromatic heterocycles. The maximum Gasteiger partial charge on any atom is 0.275 e. The standard InChI is InChI=1S/C18H20FN5O3S.CH5N/c1-18(2)17(20)24-14(9-28(18)26)11-6-10(4-5-12(11)19)23-16(25)13-7-22-15(27-3)8-21-13;1-2/h4-8,14H,9H2,1-3H3,(H2,20,24)(H,23,25);2H2,1H3. The number of methoxy groups -OCH3 is 1. The predicted octanol–water partition coefficient (Wildman–Crippen LogP) is 1.39. The molecule has 0 saturated carbocycles. The highest BCUT2D eigenvalue weighted by atomic mass is 32.2. The van der Waals surface area contributed by atoms with E-state index in [1.807, 2.05) is 0 Å². The number of nitrogens with zero attached hydrogens (tertiary/aromatic N) is 3. The van der Waals surface area contributed by atoms with Crippen LogP contribution in [-0.4, -0.2) is 50.6 Å². The van der Waals surface area contributed by atoms with Crippen LogP contribution in [0.3, 0.4) is 0 Å². The van der Waals surface area contributed by atoms with Crippen molar-refractivity contribution in [3.05, 3.63) is 47.7 Å². The minimum absolute atomic E-state index is 0.0782. The highest BCUT2D eigenvalue weighted by Gasteiger charge is 2.37. The van der Waals surface area contributed by atoms with Gasteiger partial charge in [-0.3, -0.25) is 14.0 Å². The SMILES string of the molecule is CN.COc1cnc(C(=O)Nc2ccc(F)c(C3CS(=O)C(C)(C)C(N)=N3)c2)cn1. The molecular weight excluding hydrogens is 411 g/mol. The summed E-state index contributed by atoms with van der Waals surface area (Å²) in [6.45, 7) is 3.47. The number of carbonyl (C=O) groups excluding carboxylic acids is 1. The van der Waals surface area contributed by atoms with E-state index in [0.717, 1.165) is 0 Å². The number of nitrogens with one attached hydrogen (secondary N) is 1. The molecular formula is C19H25FN6O3S. The summed E-state index contributed by atoms with van der Waals surface area (Å²) in [6, 6.07) is 3.41. The van der Waals surface area contributed by atoms with Crippen LogP contribution in [0.1, 0.15) is 35.9 Å². The molecule has 1 aliphatic heterocycles. The minimum Gasteiger partial charge on any atom is -0.480 e. The van der Waals surface area contributed by atoms with Crippen LogP contribution in [0.4, 0.5) is 10.1 Å². The second-order valence-corrected chi connectivity index (χ2v) is 8.73. The number of hydrogen-bond acceptors (Lipinski definition) is 8. The molecule has 0 spiro atoms. The van der Waals surface area contributed by atoms with Gasteiger partial charge in [0.2, 0.25) is 5.88 Å². The lowest BCUT2D eigenvalue weighted by Crippen LogP contribution is -2.47. The Balaban J connectivity index is 0.00000155. The van der Waals surface area contributed by atoms with E-state index in [0.29, 0.717) is 5.69 Å². The first-order chi connectivity index (χ1) is 14.2. The minimum atomic E-state index is -1.31. The average molecular weight is 437 g/mol. The molecule has 11 heteroatoms. The van der Waals surface area contributed by atoms with E-state index < -0.39 is 33.3 Å². The molecule has 3 rings (SSSR count). The Morgan fingerprint density at radius 1 is 1.30 bits per heavy atom. The van der Waals surface area contributed by atoms with E-state index in [2.05, 4.69) is 26.0 Å². The quantitative estimate of drug-likeness (QED) is 0.656. The van der Waals surface area contributed by atoms with E-state index >= 15 is 0 Å². The maximum atomic E-state index is 14.4. The fourth-order valence-corrected chi connectivity index (χ4v) is 3.84. The third-order valence-corrected chi connectivity index (χ3v) is 6.44. The lowest BCUT2D eigenvalue weighted by Gasteiger charge is -2.31. The lowest BCUT2D eigenvalue weighted by atomic mass is 10.1. The lowest BCUT2D eigenvalue weighted by molar-refractivity contribution is 0.102. The van der Waals surface area contributed by atoms with Crippen molar-refractivity contribution in [2.24, 2.45) is 16.5 Å². The Morgan fingerprint density at radius 2 is 2.00 bits per heavy atom. The van der Waals surface area contributed by atoms with Crippen molar-refractivity contribution in [2.45, 2.75) is 24.6 Å². The number of carbonyl (C=O) groups is 1. The van der Waals surface area contributed by atoms with Gasteiger partial charge in [-0.15, -0.1) is 0 Å². The molecule has 0 radical (unpaired) electrons. The highest BCUT2D eigenvalue weighted by Crippen LogP contribution is 2.32. The zero-order chi connectivity index (χ0) is 22.5. The number of rotatable bonds is 4. The fraction of sp³-hybridized carbons (Fsp3) is 0.368. The van der Waals surface area contributed by atoms with Crippen LogP contribution >= 0.6 is 0 Å². The second kappa shape index (κ2) is 9.72. The molecule has 0 bridgehead atoms. The van der Waals surface area contributed by atoms with E-state index in [1.165, 1.54) is 44.8 Å². The van der Waals surface area contributed by atoms with E-state index in [1.54, 1.807) is 13.8 Å². The van der Waals surface area contributed by atoms with Crippen molar-refractivity contribution in [1.82, 2.24) is 9.97 Å². The fourth-order valence-electron chi connectivity index (χ4n) is 2.60. The molecule has 5 N–H and O–H groups in total. The molecule has 0 fully saturated rings. The van der Waals surface area contributed by atoms with Crippen LogP contribution < -0.4 is 21.5 Å². The van der Waals surface area contributed by atoms with Gasteiger partial charge < -0.3 is 21.5 Å². The molecule has 1 amide bonds. The number of aromatic nitrogens is 2. The Hall–Kier alpha value is -2.92. The molecule has 1 aliphatic rings. The molecule has 2 aromatic rings. The summed E-state index contributed by atoms with van der Waals surface area (Å²) in [5.74, 6) is -0.385. The summed E-state index contributed by atoms with van der Waals surface area (Å²) in [7, 11) is 1.63. The van der Waals surface area contributed by atoms with E-state index in [9.17, 15) is 13.4 Å². The van der Waals surface area contributed by atoms with Gasteiger partial charge in [0.1, 0.15) is 17.3 Å². The van der Waals surface area contributed by atoms with Gasteiger partial charge in [-0.2, -0.15) is 0 Å². The third kappa shape index (κ3) is 4.97. The number of ether oxygens (including phenoxy) is 1. The number of anilines is 1. The molecule has 2 heterocycles. The molecule has 2 atom stereocenters. The van der Waals surface area contributed by atoms with Crippen LogP contribution in [0, 0.1) is 5.82 Å². The van der Waals surface area contributed by atoms with Crippen LogP contribution in [0.15, 0.2) is 35.6 Å². The predicted molar refractivity (Wildman–Crippen MR) is 115 cm³/mol. The zero-order valence-electron chi connectivity index (χ0n) is 17.2. The molecule has 30 heavy (non-hydrogen) atoms. The van der Waals surface area contributed by atoms with Crippen molar-refractivity contribution in [2.75, 3.05) is 25.2 Å². The van der Waals surface area contributed by atoms with Crippen molar-refractivity contribution >= 4 is 28.2 Å². The van der Waals surface area contributed by atoms with Gasteiger partial charge in [-0.25, -0.2) is 14.4 Å². The summed E-state index contributed by atoms with van der Waals surface area (Å²) in [5, 5.41) is 2.64. The molecule has 9 nitrogen and oxygen atoms in total. The van der Waals surface area contributed by atoms with Gasteiger partial charge in [-0.1, -0.05) is 0 Å². The van der Waals surface area contributed by atoms with Gasteiger partial charge in [0.15, 0.2) is 0 Å². The molecule has 0 saturated heterocycles. The number of halogens is 1. The van der Waals surface area contributed by atoms with Gasteiger partial charge in [0.25, 0.3) is 5.91 Å². The number of nitrogens with two attached hydrogens (primary N) is 2. The monoisotopic (exact) mass is 436 g/mol. The summed E-state index contributed by atoms with van der Waals surface area (Å²) < 4.78 is 31.0. The first kappa shape index (κ1) is 23.4. The Bertz CT molecular complexity index is 965. The number of benzene rings is 1. The van der Waals surface area contributed by atoms with Crippen molar-refractivity contribution in [3.63, 3.8) is 0 Å². The number of hydrogen-bond donors (Lipinski definition) is 3. The normalized spacial score (nSPS) is 19.7. The third-order valence-electron chi connectivity index (χ3n) is 4.47. The summed E-state index contributed by atoms with van der Waals surface area (Å²) in [5.41, 5.74) is 11.1. The van der Waals surface area contributed by atoms with E-state index in [-0.39, 0.29) is 28.7 Å². The number of amides is 1. The topological polar surface area (TPSA) is 146 Å². The Morgan fingerprint density at radius 3 is 2.57 bits per heavy atom. The first-order valence-electron chi connectivity index (χ1n) is 8.99. The molecule has 162 valence electrons. The maximum absolute atomic E-state index is 14.4. The molecule has 1 aromatic carbocycles. The Labute approximate surface area is 176 Å². The summed E-state index contributed by atoms with van der Waals surface area (Å²) in [6.07, 6.45) is 2.59. The molecule has 2 unspecified atom stereocenters. The van der Waals surface area contributed by atoms with Crippen LogP contribution in [0.5, 0.6) is 5.88 Å². The largest absolute Gasteiger partial charge is 0.480 e. The zero-order valence-corrected chi connectivity index (χ0v) is 18.0. The average Bonchev–Trinajstić information content (AvgIpc) is 2.75. The highest BCUT2D eigenvalue weighted by molar-refractivity contribution is 7.87. The second-order valence-electron chi connectivity index (χ2n) is 6.69. The Kier molecular flexibility index (Phi) is 7.57. The van der Waals surface area contributed by atoms with Crippen molar-refractivity contribution in [3.8, 4) is 5.88 Å². The number of aliphatic imine (C=N–C) groups is 1. The van der Waals surface area contributed by atoms with Gasteiger partial charge >= 0.3 is 0 Å². The van der Waals surface area contributed by atoms with Gasteiger partial charge in [-0.05, 0) is 39.1 Å². The smallest absolute Gasteiger partial charge is 0.275 e. The summed E-state index contributed by atoms with van der Waals surface area (Å²) in [4.78, 5) is 24.5. The van der Waals surface area contributed by atoms with Crippen LogP contribution in [0.2, 0.25) is 0 Å². The van der Waals surface area contributed by atoms with Gasteiger partial charge in [0.05, 0.1) is 36.0 Å². The van der Waals surface area contributed by atoms with E-state index in [4.69, 9.17) is 10.5 Å². The summed E-state index contributed by atoms with van der Waals surface area (Å²) >= 11 is 0. The van der Waals surface area contributed by atoms with Crippen molar-refractivity contribution in [1.29, 1.82) is 0 Å². The van der Waals surface area contributed by atoms with Gasteiger partial charge in [0, 0.05) is 22.1 Å². The van der Waals surface area contributed by atoms with Crippen LogP contribution in [-0.2, 0) is 10.8 Å². The first-order valence-corrected chi connectivity index (χ1v) is 10.3. The van der Waals surface area contributed by atoms with Crippen LogP contribution in [0.25, 0.3) is 0 Å². The molecule has 0 aliphatic carbocycles. The number of amidine groups is 1. The van der Waals surface area contributed by atoms with Crippen molar-refractivity contribution < 1.29 is 18.1 Å².